The van der Waals surface area contributed by atoms with Crippen molar-refractivity contribution in [3.8, 4) is 5.75 Å². The fourth-order valence-corrected chi connectivity index (χ4v) is 1.11. The van der Waals surface area contributed by atoms with Gasteiger partial charge in [-0.1, -0.05) is 17.7 Å². The highest BCUT2D eigenvalue weighted by Crippen LogP contribution is 2.24. The zero-order valence-corrected chi connectivity index (χ0v) is 8.99. The fraction of sp³-hybridized carbons (Fsp3) is 0.182. The molecule has 0 amide bonds. The van der Waals surface area contributed by atoms with Gasteiger partial charge in [0.15, 0.2) is 0 Å². The fourth-order valence-electron chi connectivity index (χ4n) is 0.988. The Morgan fingerprint density at radius 3 is 2.93 bits per heavy atom. The number of carbonyl (C=O) groups is 1. The highest BCUT2D eigenvalue weighted by Gasteiger charge is 1.98. The van der Waals surface area contributed by atoms with Crippen molar-refractivity contribution in [2.75, 3.05) is 6.61 Å². The second-order valence-corrected chi connectivity index (χ2v) is 3.20. The molecule has 0 aliphatic rings. The molecular formula is C11H11ClO3. The van der Waals surface area contributed by atoms with Crippen LogP contribution in [-0.4, -0.2) is 17.7 Å². The van der Waals surface area contributed by atoms with Gasteiger partial charge in [0.05, 0.1) is 11.6 Å². The third kappa shape index (κ3) is 3.64. The predicted molar refractivity (Wildman–Crippen MR) is 58.8 cm³/mol. The first-order valence-corrected chi connectivity index (χ1v) is 4.84. The lowest BCUT2D eigenvalue weighted by Crippen LogP contribution is -1.98. The van der Waals surface area contributed by atoms with Gasteiger partial charge in [-0.2, -0.15) is 0 Å². The molecular weight excluding hydrogens is 216 g/mol. The Hall–Kier alpha value is -1.48. The number of phenols is 1. The highest BCUT2D eigenvalue weighted by atomic mass is 35.5. The average Bonchev–Trinajstić information content (AvgIpc) is 2.20. The van der Waals surface area contributed by atoms with E-state index in [9.17, 15) is 9.90 Å². The summed E-state index contributed by atoms with van der Waals surface area (Å²) in [4.78, 5) is 11.0. The van der Waals surface area contributed by atoms with E-state index in [1.54, 1.807) is 25.1 Å². The quantitative estimate of drug-likeness (QED) is 0.637. The van der Waals surface area contributed by atoms with E-state index < -0.39 is 5.97 Å². The monoisotopic (exact) mass is 226 g/mol. The van der Waals surface area contributed by atoms with Crippen LogP contribution in [0.15, 0.2) is 24.3 Å². The Balaban J connectivity index is 2.72. The summed E-state index contributed by atoms with van der Waals surface area (Å²) in [5, 5.41) is 9.57. The molecule has 1 aromatic rings. The summed E-state index contributed by atoms with van der Waals surface area (Å²) in [5.41, 5.74) is 0.685. The number of carbonyl (C=O) groups excluding carboxylic acids is 1. The Labute approximate surface area is 92.9 Å². The Morgan fingerprint density at radius 2 is 2.33 bits per heavy atom. The number of benzene rings is 1. The summed E-state index contributed by atoms with van der Waals surface area (Å²) in [5.74, 6) is -0.422. The zero-order chi connectivity index (χ0) is 11.3. The average molecular weight is 227 g/mol. The summed E-state index contributed by atoms with van der Waals surface area (Å²) < 4.78 is 4.70. The maximum Gasteiger partial charge on any atom is 0.330 e. The van der Waals surface area contributed by atoms with Crippen molar-refractivity contribution >= 4 is 23.6 Å². The van der Waals surface area contributed by atoms with Crippen molar-refractivity contribution in [3.05, 3.63) is 34.9 Å². The number of ether oxygens (including phenoxy) is 1. The molecule has 3 nitrogen and oxygen atoms in total. The Bertz CT molecular complexity index is 385. The second kappa shape index (κ2) is 5.41. The van der Waals surface area contributed by atoms with Gasteiger partial charge in [0.2, 0.25) is 0 Å². The molecule has 1 N–H and O–H groups in total. The molecule has 0 saturated carbocycles. The minimum Gasteiger partial charge on any atom is -0.506 e. The molecule has 0 spiro atoms. The number of esters is 1. The lowest BCUT2D eigenvalue weighted by Gasteiger charge is -1.98. The topological polar surface area (TPSA) is 46.5 Å². The van der Waals surface area contributed by atoms with Crippen molar-refractivity contribution in [3.63, 3.8) is 0 Å². The van der Waals surface area contributed by atoms with Crippen LogP contribution in [0.1, 0.15) is 12.5 Å². The van der Waals surface area contributed by atoms with Crippen LogP contribution < -0.4 is 0 Å². The number of phenolic OH excluding ortho intramolecular Hbond substituents is 1. The van der Waals surface area contributed by atoms with Crippen LogP contribution in [-0.2, 0) is 9.53 Å². The molecule has 0 aliphatic carbocycles. The lowest BCUT2D eigenvalue weighted by molar-refractivity contribution is -0.137. The molecule has 0 fully saturated rings. The second-order valence-electron chi connectivity index (χ2n) is 2.80. The summed E-state index contributed by atoms with van der Waals surface area (Å²) >= 11 is 5.63. The van der Waals surface area contributed by atoms with Crippen molar-refractivity contribution in [2.24, 2.45) is 0 Å². The van der Waals surface area contributed by atoms with Gasteiger partial charge in [0.25, 0.3) is 0 Å². The van der Waals surface area contributed by atoms with Gasteiger partial charge < -0.3 is 9.84 Å². The van der Waals surface area contributed by atoms with Crippen LogP contribution in [0, 0.1) is 0 Å². The molecule has 0 radical (unpaired) electrons. The van der Waals surface area contributed by atoms with Crippen LogP contribution >= 0.6 is 11.6 Å². The summed E-state index contributed by atoms with van der Waals surface area (Å²) in [6.45, 7) is 2.08. The molecule has 4 heteroatoms. The molecule has 1 rings (SSSR count). The maximum atomic E-state index is 11.0. The molecule has 0 aromatic heterocycles. The lowest BCUT2D eigenvalue weighted by atomic mass is 10.2. The molecule has 0 saturated heterocycles. The first-order chi connectivity index (χ1) is 7.13. The number of hydrogen-bond acceptors (Lipinski definition) is 3. The zero-order valence-electron chi connectivity index (χ0n) is 8.24. The van der Waals surface area contributed by atoms with Crippen molar-refractivity contribution in [1.82, 2.24) is 0 Å². The van der Waals surface area contributed by atoms with E-state index >= 15 is 0 Å². The van der Waals surface area contributed by atoms with E-state index in [1.807, 2.05) is 0 Å². The van der Waals surface area contributed by atoms with Gasteiger partial charge in [-0.15, -0.1) is 0 Å². The Morgan fingerprint density at radius 1 is 1.60 bits per heavy atom. The van der Waals surface area contributed by atoms with Gasteiger partial charge >= 0.3 is 5.97 Å². The Kier molecular flexibility index (Phi) is 4.18. The molecule has 0 heterocycles. The first-order valence-electron chi connectivity index (χ1n) is 4.47. The summed E-state index contributed by atoms with van der Waals surface area (Å²) in [6, 6.07) is 4.72. The highest BCUT2D eigenvalue weighted by molar-refractivity contribution is 6.32. The third-order valence-electron chi connectivity index (χ3n) is 1.67. The van der Waals surface area contributed by atoms with E-state index in [2.05, 4.69) is 0 Å². The molecule has 0 bridgehead atoms. The normalized spacial score (nSPS) is 10.5. The minimum atomic E-state index is -0.410. The van der Waals surface area contributed by atoms with Crippen LogP contribution in [0.25, 0.3) is 6.08 Å². The number of rotatable bonds is 3. The van der Waals surface area contributed by atoms with Crippen molar-refractivity contribution < 1.29 is 14.6 Å². The predicted octanol–water partition coefficient (Wildman–Crippen LogP) is 2.62. The summed E-state index contributed by atoms with van der Waals surface area (Å²) in [7, 11) is 0. The molecule has 80 valence electrons. The largest absolute Gasteiger partial charge is 0.506 e. The SMILES string of the molecule is CCOC(=O)/C=C/c1ccc(Cl)c(O)c1. The number of aromatic hydroxyl groups is 1. The van der Waals surface area contributed by atoms with Crippen LogP contribution in [0.5, 0.6) is 5.75 Å². The van der Waals surface area contributed by atoms with E-state index in [0.29, 0.717) is 12.2 Å². The number of halogens is 1. The van der Waals surface area contributed by atoms with Gasteiger partial charge in [0.1, 0.15) is 5.75 Å². The number of hydrogen-bond donors (Lipinski definition) is 1. The maximum absolute atomic E-state index is 11.0. The minimum absolute atomic E-state index is 0.0114. The van der Waals surface area contributed by atoms with Crippen molar-refractivity contribution in [1.29, 1.82) is 0 Å². The molecule has 1 aromatic carbocycles. The van der Waals surface area contributed by atoms with Gasteiger partial charge in [0, 0.05) is 6.08 Å². The first kappa shape index (κ1) is 11.6. The molecule has 15 heavy (non-hydrogen) atoms. The van der Waals surface area contributed by atoms with E-state index in [0.717, 1.165) is 0 Å². The standard InChI is InChI=1S/C11H11ClO3/c1-2-15-11(14)6-4-8-3-5-9(12)10(13)7-8/h3-7,13H,2H2,1H3/b6-4+. The van der Waals surface area contributed by atoms with Gasteiger partial charge in [-0.25, -0.2) is 4.79 Å². The van der Waals surface area contributed by atoms with Crippen LogP contribution in [0.4, 0.5) is 0 Å². The van der Waals surface area contributed by atoms with E-state index in [-0.39, 0.29) is 10.8 Å². The van der Waals surface area contributed by atoms with Gasteiger partial charge in [-0.3, -0.25) is 0 Å². The molecule has 0 unspecified atom stereocenters. The van der Waals surface area contributed by atoms with E-state index in [1.165, 1.54) is 12.1 Å². The molecule has 0 aliphatic heterocycles. The van der Waals surface area contributed by atoms with E-state index in [4.69, 9.17) is 16.3 Å². The molecule has 0 atom stereocenters. The van der Waals surface area contributed by atoms with Crippen LogP contribution in [0.2, 0.25) is 5.02 Å². The smallest absolute Gasteiger partial charge is 0.330 e. The summed E-state index contributed by atoms with van der Waals surface area (Å²) in [6.07, 6.45) is 2.85. The van der Waals surface area contributed by atoms with Gasteiger partial charge in [-0.05, 0) is 30.7 Å². The van der Waals surface area contributed by atoms with Crippen molar-refractivity contribution in [2.45, 2.75) is 6.92 Å². The third-order valence-corrected chi connectivity index (χ3v) is 1.99. The van der Waals surface area contributed by atoms with Crippen LogP contribution in [0.3, 0.4) is 0 Å².